The highest BCUT2D eigenvalue weighted by Crippen LogP contribution is 2.31. The molecular weight excluding hydrogens is 448 g/mol. The van der Waals surface area contributed by atoms with Crippen molar-refractivity contribution in [2.24, 2.45) is 0 Å². The first-order valence-corrected chi connectivity index (χ1v) is 10.2. The van der Waals surface area contributed by atoms with E-state index in [0.29, 0.717) is 11.6 Å². The van der Waals surface area contributed by atoms with Gasteiger partial charge in [-0.3, -0.25) is 0 Å². The lowest BCUT2D eigenvalue weighted by molar-refractivity contribution is 0.00570. The van der Waals surface area contributed by atoms with Gasteiger partial charge in [0.25, 0.3) is 5.88 Å². The zero-order valence-electron chi connectivity index (χ0n) is 16.4. The molecule has 0 fully saturated rings. The molecule has 1 aromatic carbocycles. The Morgan fingerprint density at radius 2 is 2.00 bits per heavy atom. The van der Waals surface area contributed by atoms with Crippen LogP contribution in [-0.4, -0.2) is 33.3 Å². The molecule has 0 saturated carbocycles. The Bertz CT molecular complexity index is 853. The Balaban J connectivity index is 2.41. The molecule has 28 heavy (non-hydrogen) atoms. The summed E-state index contributed by atoms with van der Waals surface area (Å²) in [6.45, 7) is 7.63. The van der Waals surface area contributed by atoms with Crippen LogP contribution in [0.25, 0.3) is 0 Å². The maximum absolute atomic E-state index is 12.7. The molecule has 0 saturated heterocycles. The molecule has 0 atom stereocenters. The lowest BCUT2D eigenvalue weighted by Crippen LogP contribution is -2.25. The third-order valence-electron chi connectivity index (χ3n) is 3.59. The number of halogens is 2. The molecule has 0 unspecified atom stereocenters. The Kier molecular flexibility index (Phi) is 7.66. The van der Waals surface area contributed by atoms with Crippen molar-refractivity contribution < 1.29 is 19.4 Å². The molecule has 0 aliphatic rings. The van der Waals surface area contributed by atoms with Gasteiger partial charge in [0.2, 0.25) is 5.75 Å². The van der Waals surface area contributed by atoms with Crippen molar-refractivity contribution in [3.05, 3.63) is 44.8 Å². The van der Waals surface area contributed by atoms with E-state index in [1.165, 1.54) is 0 Å². The van der Waals surface area contributed by atoms with Crippen LogP contribution in [0.4, 0.5) is 0 Å². The highest BCUT2D eigenvalue weighted by atomic mass is 79.9. The van der Waals surface area contributed by atoms with Crippen LogP contribution < -0.4 is 4.74 Å². The van der Waals surface area contributed by atoms with Gasteiger partial charge in [-0.1, -0.05) is 46.9 Å². The Morgan fingerprint density at radius 1 is 1.29 bits per heavy atom. The number of hydrogen-bond acceptors (Lipinski definition) is 6. The van der Waals surface area contributed by atoms with Crippen LogP contribution in [0.15, 0.2) is 22.7 Å². The topological polar surface area (TPSA) is 81.5 Å². The van der Waals surface area contributed by atoms with E-state index in [1.54, 1.807) is 32.9 Å². The standard InChI is InChI=1S/C20H24BrClN2O4/c1-5-6-9-27-17-16(19(26)28-20(2,3)4)23-15(24-18(17)25)10-12-7-8-13(22)11-14(12)21/h7-8,11H,5-6,9-10H2,1-4H3,(H,23,24,25). The number of aromatic hydroxyl groups is 1. The molecule has 8 heteroatoms. The molecule has 0 radical (unpaired) electrons. The largest absolute Gasteiger partial charge is 0.491 e. The summed E-state index contributed by atoms with van der Waals surface area (Å²) in [7, 11) is 0. The fraction of sp³-hybridized carbons (Fsp3) is 0.450. The quantitative estimate of drug-likeness (QED) is 0.434. The summed E-state index contributed by atoms with van der Waals surface area (Å²) in [6.07, 6.45) is 1.97. The molecule has 1 aromatic heterocycles. The number of unbranched alkanes of at least 4 members (excludes halogenated alkanes) is 1. The molecule has 1 N–H and O–H groups in total. The van der Waals surface area contributed by atoms with E-state index in [-0.39, 0.29) is 29.6 Å². The van der Waals surface area contributed by atoms with Gasteiger partial charge < -0.3 is 14.6 Å². The van der Waals surface area contributed by atoms with Gasteiger partial charge in [0.1, 0.15) is 11.4 Å². The monoisotopic (exact) mass is 470 g/mol. The van der Waals surface area contributed by atoms with Crippen LogP contribution in [-0.2, 0) is 11.2 Å². The van der Waals surface area contributed by atoms with Crippen molar-refractivity contribution in [3.63, 3.8) is 0 Å². The van der Waals surface area contributed by atoms with Gasteiger partial charge in [0.15, 0.2) is 5.69 Å². The van der Waals surface area contributed by atoms with Crippen LogP contribution in [0.3, 0.4) is 0 Å². The zero-order valence-corrected chi connectivity index (χ0v) is 18.7. The molecule has 6 nitrogen and oxygen atoms in total. The van der Waals surface area contributed by atoms with Crippen molar-refractivity contribution in [1.29, 1.82) is 0 Å². The summed E-state index contributed by atoms with van der Waals surface area (Å²) in [5.74, 6) is -0.842. The van der Waals surface area contributed by atoms with Crippen molar-refractivity contribution >= 4 is 33.5 Å². The molecule has 2 aromatic rings. The van der Waals surface area contributed by atoms with Crippen LogP contribution in [0.5, 0.6) is 11.6 Å². The number of esters is 1. The van der Waals surface area contributed by atoms with Crippen molar-refractivity contribution in [2.45, 2.75) is 52.6 Å². The average molecular weight is 472 g/mol. The molecule has 0 aliphatic carbocycles. The van der Waals surface area contributed by atoms with Gasteiger partial charge in [-0.25, -0.2) is 9.78 Å². The van der Waals surface area contributed by atoms with Gasteiger partial charge in [-0.15, -0.1) is 0 Å². The number of benzene rings is 1. The second kappa shape index (κ2) is 9.56. The number of carbonyl (C=O) groups excluding carboxylic acids is 1. The third-order valence-corrected chi connectivity index (χ3v) is 4.57. The minimum Gasteiger partial charge on any atom is -0.491 e. The number of hydrogen-bond donors (Lipinski definition) is 1. The van der Waals surface area contributed by atoms with E-state index in [0.717, 1.165) is 22.9 Å². The Morgan fingerprint density at radius 3 is 2.61 bits per heavy atom. The molecule has 2 rings (SSSR count). The normalized spacial score (nSPS) is 11.4. The van der Waals surface area contributed by atoms with Gasteiger partial charge in [0.05, 0.1) is 6.61 Å². The zero-order chi connectivity index (χ0) is 20.9. The summed E-state index contributed by atoms with van der Waals surface area (Å²) in [6, 6.07) is 5.33. The Labute approximate surface area is 178 Å². The molecule has 0 spiro atoms. The number of rotatable bonds is 7. The van der Waals surface area contributed by atoms with Crippen molar-refractivity contribution in [3.8, 4) is 11.6 Å². The van der Waals surface area contributed by atoms with E-state index < -0.39 is 11.6 Å². The van der Waals surface area contributed by atoms with Gasteiger partial charge >= 0.3 is 5.97 Å². The van der Waals surface area contributed by atoms with Gasteiger partial charge in [0, 0.05) is 15.9 Å². The molecule has 0 amide bonds. The van der Waals surface area contributed by atoms with E-state index in [2.05, 4.69) is 25.9 Å². The summed E-state index contributed by atoms with van der Waals surface area (Å²) in [5, 5.41) is 11.0. The van der Waals surface area contributed by atoms with Gasteiger partial charge in [-0.05, 0) is 44.9 Å². The average Bonchev–Trinajstić information content (AvgIpc) is 2.57. The van der Waals surface area contributed by atoms with E-state index in [9.17, 15) is 9.90 Å². The summed E-state index contributed by atoms with van der Waals surface area (Å²) < 4.78 is 11.8. The third kappa shape index (κ3) is 6.34. The molecule has 0 bridgehead atoms. The second-order valence-electron chi connectivity index (χ2n) is 7.26. The predicted octanol–water partition coefficient (Wildman–Crippen LogP) is 5.32. The lowest BCUT2D eigenvalue weighted by Gasteiger charge is -2.20. The number of nitrogens with zero attached hydrogens (tertiary/aromatic N) is 2. The Hall–Kier alpha value is -1.86. The minimum atomic E-state index is -0.711. The number of ether oxygens (including phenoxy) is 2. The smallest absolute Gasteiger partial charge is 0.361 e. The second-order valence-corrected chi connectivity index (χ2v) is 8.55. The van der Waals surface area contributed by atoms with E-state index >= 15 is 0 Å². The highest BCUT2D eigenvalue weighted by Gasteiger charge is 2.27. The summed E-state index contributed by atoms with van der Waals surface area (Å²) in [5.41, 5.74) is 0.0646. The molecule has 1 heterocycles. The van der Waals surface area contributed by atoms with Crippen LogP contribution in [0.1, 0.15) is 62.4 Å². The SMILES string of the molecule is CCCCOc1c(O)nc(Cc2ccc(Cl)cc2Br)nc1C(=O)OC(C)(C)C. The van der Waals surface area contributed by atoms with Crippen LogP contribution in [0.2, 0.25) is 5.02 Å². The first-order chi connectivity index (χ1) is 13.1. The van der Waals surface area contributed by atoms with E-state index in [1.807, 2.05) is 13.0 Å². The minimum absolute atomic E-state index is 0.0541. The maximum atomic E-state index is 12.7. The first-order valence-electron chi connectivity index (χ1n) is 9.00. The first kappa shape index (κ1) is 22.4. The molecule has 152 valence electrons. The van der Waals surface area contributed by atoms with Crippen LogP contribution in [0, 0.1) is 0 Å². The number of aromatic nitrogens is 2. The summed E-state index contributed by atoms with van der Waals surface area (Å²) in [4.78, 5) is 21.1. The summed E-state index contributed by atoms with van der Waals surface area (Å²) >= 11 is 9.42. The van der Waals surface area contributed by atoms with Crippen LogP contribution >= 0.6 is 27.5 Å². The van der Waals surface area contributed by atoms with Gasteiger partial charge in [-0.2, -0.15) is 4.98 Å². The number of carbonyl (C=O) groups is 1. The fourth-order valence-corrected chi connectivity index (χ4v) is 3.14. The van der Waals surface area contributed by atoms with Crippen molar-refractivity contribution in [2.75, 3.05) is 6.61 Å². The van der Waals surface area contributed by atoms with Crippen molar-refractivity contribution in [1.82, 2.24) is 9.97 Å². The maximum Gasteiger partial charge on any atom is 0.361 e. The molecular formula is C20H24BrClN2O4. The molecule has 0 aliphatic heterocycles. The lowest BCUT2D eigenvalue weighted by atomic mass is 10.1. The fourth-order valence-electron chi connectivity index (χ4n) is 2.31. The van der Waals surface area contributed by atoms with E-state index in [4.69, 9.17) is 21.1 Å². The predicted molar refractivity (Wildman–Crippen MR) is 111 cm³/mol. The highest BCUT2D eigenvalue weighted by molar-refractivity contribution is 9.10.